The van der Waals surface area contributed by atoms with Gasteiger partial charge in [0.05, 0.1) is 12.4 Å². The molecule has 0 aliphatic heterocycles. The molecular weight excluding hydrogens is 262 g/mol. The van der Waals surface area contributed by atoms with Gasteiger partial charge in [-0.05, 0) is 18.3 Å². The van der Waals surface area contributed by atoms with Crippen LogP contribution in [0.3, 0.4) is 0 Å². The quantitative estimate of drug-likeness (QED) is 0.618. The molecule has 1 aromatic rings. The Labute approximate surface area is 120 Å². The van der Waals surface area contributed by atoms with Gasteiger partial charge in [-0.2, -0.15) is 0 Å². The zero-order chi connectivity index (χ0) is 14.3. The molecule has 0 bridgehead atoms. The van der Waals surface area contributed by atoms with Gasteiger partial charge >= 0.3 is 0 Å². The summed E-state index contributed by atoms with van der Waals surface area (Å²) in [7, 11) is 0. The molecule has 1 amide bonds. The van der Waals surface area contributed by atoms with E-state index in [0.29, 0.717) is 12.3 Å². The third-order valence-corrected chi connectivity index (χ3v) is 3.39. The summed E-state index contributed by atoms with van der Waals surface area (Å²) in [5.41, 5.74) is 0.00636. The summed E-state index contributed by atoms with van der Waals surface area (Å²) < 4.78 is 1.99. The molecule has 1 atom stereocenters. The molecule has 19 heavy (non-hydrogen) atoms. The number of nitrogens with one attached hydrogen (secondary N) is 1. The fourth-order valence-electron chi connectivity index (χ4n) is 1.79. The van der Waals surface area contributed by atoms with E-state index in [0.717, 1.165) is 19.4 Å². The number of carbonyl (C=O) groups is 1. The number of hydrogen-bond donors (Lipinski definition) is 1. The average molecular weight is 286 g/mol. The van der Waals surface area contributed by atoms with Crippen LogP contribution in [0.25, 0.3) is 0 Å². The fourth-order valence-corrected chi connectivity index (χ4v) is 1.98. The van der Waals surface area contributed by atoms with Gasteiger partial charge in [0.2, 0.25) is 5.91 Å². The van der Waals surface area contributed by atoms with Crippen LogP contribution in [-0.4, -0.2) is 27.4 Å². The van der Waals surface area contributed by atoms with Crippen molar-refractivity contribution in [3.05, 3.63) is 18.7 Å². The lowest BCUT2D eigenvalue weighted by atomic mass is 9.86. The van der Waals surface area contributed by atoms with Crippen molar-refractivity contribution < 1.29 is 4.79 Å². The zero-order valence-electron chi connectivity index (χ0n) is 12.0. The van der Waals surface area contributed by atoms with E-state index in [2.05, 4.69) is 31.1 Å². The molecule has 0 saturated heterocycles. The second-order valence-electron chi connectivity index (χ2n) is 5.89. The molecule has 0 fully saturated rings. The molecule has 1 aromatic heterocycles. The molecule has 0 radical (unpaired) electrons. The number of hydrogen-bond acceptors (Lipinski definition) is 2. The van der Waals surface area contributed by atoms with Gasteiger partial charge in [-0.1, -0.05) is 20.8 Å². The first-order chi connectivity index (χ1) is 8.93. The van der Waals surface area contributed by atoms with Crippen LogP contribution in [-0.2, 0) is 11.3 Å². The van der Waals surface area contributed by atoms with Gasteiger partial charge in [0.25, 0.3) is 0 Å². The molecule has 1 heterocycles. The van der Waals surface area contributed by atoms with Gasteiger partial charge in [0.15, 0.2) is 0 Å². The van der Waals surface area contributed by atoms with Gasteiger partial charge in [0, 0.05) is 31.2 Å². The van der Waals surface area contributed by atoms with Crippen LogP contribution in [0.2, 0.25) is 0 Å². The Morgan fingerprint density at radius 1 is 1.42 bits per heavy atom. The highest BCUT2D eigenvalue weighted by atomic mass is 35.5. The number of halogens is 1. The van der Waals surface area contributed by atoms with Gasteiger partial charge < -0.3 is 9.88 Å². The molecule has 0 aromatic carbocycles. The molecule has 0 aliphatic carbocycles. The molecule has 0 saturated carbocycles. The van der Waals surface area contributed by atoms with Crippen LogP contribution in [0.1, 0.15) is 40.0 Å². The molecule has 108 valence electrons. The molecule has 1 N–H and O–H groups in total. The summed E-state index contributed by atoms with van der Waals surface area (Å²) in [5.74, 6) is 0.718. The van der Waals surface area contributed by atoms with Crippen LogP contribution in [0.4, 0.5) is 0 Å². The molecule has 1 unspecified atom stereocenters. The predicted octanol–water partition coefficient (Wildman–Crippen LogP) is 2.82. The first-order valence-corrected chi connectivity index (χ1v) is 7.28. The number of imidazole rings is 1. The second-order valence-corrected chi connectivity index (χ2v) is 6.27. The maximum absolute atomic E-state index is 11.9. The van der Waals surface area contributed by atoms with E-state index in [4.69, 9.17) is 11.6 Å². The SMILES string of the molecule is CC(C)(C)C(Cn1ccnc1)NC(=O)CCCCCl. The number of carbonyl (C=O) groups excluding carboxylic acids is 1. The van der Waals surface area contributed by atoms with Gasteiger partial charge in [-0.25, -0.2) is 4.98 Å². The highest BCUT2D eigenvalue weighted by Gasteiger charge is 2.26. The lowest BCUT2D eigenvalue weighted by Gasteiger charge is -2.31. The van der Waals surface area contributed by atoms with Crippen molar-refractivity contribution in [1.29, 1.82) is 0 Å². The van der Waals surface area contributed by atoms with Crippen molar-refractivity contribution in [3.8, 4) is 0 Å². The minimum atomic E-state index is 0.00636. The highest BCUT2D eigenvalue weighted by molar-refractivity contribution is 6.17. The van der Waals surface area contributed by atoms with Gasteiger partial charge in [0.1, 0.15) is 0 Å². The lowest BCUT2D eigenvalue weighted by Crippen LogP contribution is -2.46. The summed E-state index contributed by atoms with van der Waals surface area (Å²) in [6.07, 6.45) is 7.72. The molecule has 5 heteroatoms. The van der Waals surface area contributed by atoms with Gasteiger partial charge in [-0.15, -0.1) is 11.6 Å². The van der Waals surface area contributed by atoms with E-state index < -0.39 is 0 Å². The molecule has 4 nitrogen and oxygen atoms in total. The topological polar surface area (TPSA) is 46.9 Å². The minimum Gasteiger partial charge on any atom is -0.351 e. The maximum atomic E-state index is 11.9. The Hall–Kier alpha value is -1.03. The number of unbranched alkanes of at least 4 members (excludes halogenated alkanes) is 1. The second kappa shape index (κ2) is 7.53. The zero-order valence-corrected chi connectivity index (χ0v) is 12.8. The summed E-state index contributed by atoms with van der Waals surface area (Å²) in [5, 5.41) is 3.12. The molecule has 0 aliphatic rings. The van der Waals surface area contributed by atoms with Crippen molar-refractivity contribution in [1.82, 2.24) is 14.9 Å². The van der Waals surface area contributed by atoms with Crippen LogP contribution >= 0.6 is 11.6 Å². The van der Waals surface area contributed by atoms with E-state index in [-0.39, 0.29) is 17.4 Å². The summed E-state index contributed by atoms with van der Waals surface area (Å²) >= 11 is 5.62. The van der Waals surface area contributed by atoms with Crippen molar-refractivity contribution in [3.63, 3.8) is 0 Å². The largest absolute Gasteiger partial charge is 0.351 e. The van der Waals surface area contributed by atoms with Crippen molar-refractivity contribution in [2.24, 2.45) is 5.41 Å². The molecule has 1 rings (SSSR count). The van der Waals surface area contributed by atoms with Crippen LogP contribution in [0.15, 0.2) is 18.7 Å². The van der Waals surface area contributed by atoms with E-state index in [1.807, 2.05) is 10.8 Å². The number of rotatable bonds is 7. The first kappa shape index (κ1) is 16.0. The smallest absolute Gasteiger partial charge is 0.220 e. The van der Waals surface area contributed by atoms with Crippen molar-refractivity contribution in [2.75, 3.05) is 5.88 Å². The predicted molar refractivity (Wildman–Crippen MR) is 78.2 cm³/mol. The Bertz CT molecular complexity index is 371. The number of aromatic nitrogens is 2. The van der Waals surface area contributed by atoms with Crippen LogP contribution in [0.5, 0.6) is 0 Å². The summed E-state index contributed by atoms with van der Waals surface area (Å²) in [4.78, 5) is 16.0. The molecule has 0 spiro atoms. The lowest BCUT2D eigenvalue weighted by molar-refractivity contribution is -0.122. The minimum absolute atomic E-state index is 0.00636. The normalized spacial score (nSPS) is 13.3. The van der Waals surface area contributed by atoms with Crippen LogP contribution in [0, 0.1) is 5.41 Å². The van der Waals surface area contributed by atoms with E-state index in [9.17, 15) is 4.79 Å². The number of nitrogens with zero attached hydrogens (tertiary/aromatic N) is 2. The highest BCUT2D eigenvalue weighted by Crippen LogP contribution is 2.21. The maximum Gasteiger partial charge on any atom is 0.220 e. The monoisotopic (exact) mass is 285 g/mol. The standard InChI is InChI=1S/C14H24ClN3O/c1-14(2,3)12(10-18-9-8-16-11-18)17-13(19)6-4-5-7-15/h8-9,11-12H,4-7,10H2,1-3H3,(H,17,19). The average Bonchev–Trinajstić information content (AvgIpc) is 2.80. The Kier molecular flexibility index (Phi) is 6.35. The first-order valence-electron chi connectivity index (χ1n) is 6.74. The van der Waals surface area contributed by atoms with Crippen molar-refractivity contribution >= 4 is 17.5 Å². The third-order valence-electron chi connectivity index (χ3n) is 3.12. The third kappa shape index (κ3) is 6.10. The fraction of sp³-hybridized carbons (Fsp3) is 0.714. The summed E-state index contributed by atoms with van der Waals surface area (Å²) in [6.45, 7) is 7.14. The van der Waals surface area contributed by atoms with E-state index >= 15 is 0 Å². The Balaban J connectivity index is 2.53. The van der Waals surface area contributed by atoms with E-state index in [1.54, 1.807) is 12.5 Å². The number of alkyl halides is 1. The number of amides is 1. The van der Waals surface area contributed by atoms with Gasteiger partial charge in [-0.3, -0.25) is 4.79 Å². The van der Waals surface area contributed by atoms with E-state index in [1.165, 1.54) is 0 Å². The van der Waals surface area contributed by atoms with Crippen molar-refractivity contribution in [2.45, 2.75) is 52.6 Å². The Morgan fingerprint density at radius 3 is 2.68 bits per heavy atom. The van der Waals surface area contributed by atoms with Crippen LogP contribution < -0.4 is 5.32 Å². The molecular formula is C14H24ClN3O. The Morgan fingerprint density at radius 2 is 2.16 bits per heavy atom. The summed E-state index contributed by atoms with van der Waals surface area (Å²) in [6, 6.07) is 0.0881.